The van der Waals surface area contributed by atoms with Crippen molar-refractivity contribution in [2.45, 2.75) is 27.2 Å². The van der Waals surface area contributed by atoms with Gasteiger partial charge >= 0.3 is 0 Å². The van der Waals surface area contributed by atoms with Gasteiger partial charge in [0.1, 0.15) is 11.2 Å². The van der Waals surface area contributed by atoms with E-state index in [-0.39, 0.29) is 12.4 Å². The van der Waals surface area contributed by atoms with Crippen molar-refractivity contribution in [1.29, 1.82) is 0 Å². The van der Waals surface area contributed by atoms with Crippen LogP contribution in [0.25, 0.3) is 10.2 Å². The van der Waals surface area contributed by atoms with Gasteiger partial charge in [-0.1, -0.05) is 6.92 Å². The Balaban J connectivity index is 0.00000144. The zero-order chi connectivity index (χ0) is 11.5. The van der Waals surface area contributed by atoms with Gasteiger partial charge in [0, 0.05) is 4.88 Å². The first-order chi connectivity index (χ1) is 7.80. The number of nitrogens with zero attached hydrogens (tertiary/aromatic N) is 2. The first-order valence-electron chi connectivity index (χ1n) is 5.88. The molecular formula is C12H18ClN3S. The monoisotopic (exact) mass is 271 g/mol. The van der Waals surface area contributed by atoms with Crippen LogP contribution in [0.1, 0.15) is 25.6 Å². The molecule has 3 nitrogen and oxygen atoms in total. The van der Waals surface area contributed by atoms with E-state index in [2.05, 4.69) is 36.8 Å². The summed E-state index contributed by atoms with van der Waals surface area (Å²) in [7, 11) is 0. The maximum Gasteiger partial charge on any atom is 0.237 e. The smallest absolute Gasteiger partial charge is 0.237 e. The third kappa shape index (κ3) is 2.76. The Bertz CT molecular complexity index is 480. The first kappa shape index (κ1) is 14.4. The van der Waals surface area contributed by atoms with Gasteiger partial charge in [-0.05, 0) is 26.3 Å². The number of rotatable bonds is 4. The Morgan fingerprint density at radius 2 is 1.88 bits per heavy atom. The summed E-state index contributed by atoms with van der Waals surface area (Å²) in [5, 5.41) is 1.24. The van der Waals surface area contributed by atoms with Crippen LogP contribution in [0.2, 0.25) is 0 Å². The zero-order valence-electron chi connectivity index (χ0n) is 10.5. The Labute approximate surface area is 112 Å². The van der Waals surface area contributed by atoms with Crippen LogP contribution in [-0.4, -0.2) is 23.1 Å². The van der Waals surface area contributed by atoms with Crippen molar-refractivity contribution in [2.24, 2.45) is 0 Å². The van der Waals surface area contributed by atoms with Crippen LogP contribution in [0, 0.1) is 0 Å². The molecule has 0 unspecified atom stereocenters. The highest BCUT2D eigenvalue weighted by atomic mass is 35.5. The molecule has 0 aromatic carbocycles. The highest BCUT2D eigenvalue weighted by molar-refractivity contribution is 7.18. The van der Waals surface area contributed by atoms with Crippen molar-refractivity contribution >= 4 is 27.4 Å². The van der Waals surface area contributed by atoms with Crippen molar-refractivity contribution in [3.63, 3.8) is 0 Å². The maximum atomic E-state index is 4.46. The number of aryl methyl sites for hydroxylation is 1. The first-order valence-corrected chi connectivity index (χ1v) is 6.70. The van der Waals surface area contributed by atoms with Gasteiger partial charge in [-0.15, -0.1) is 11.3 Å². The second kappa shape index (κ2) is 6.28. The summed E-state index contributed by atoms with van der Waals surface area (Å²) in [6, 6.07) is 2.25. The molecule has 17 heavy (non-hydrogen) atoms. The molecule has 0 aliphatic carbocycles. The molecule has 0 fully saturated rings. The Kier molecular flexibility index (Phi) is 5.31. The fourth-order valence-corrected chi connectivity index (χ4v) is 2.88. The molecular weight excluding hydrogens is 254 g/mol. The van der Waals surface area contributed by atoms with Crippen molar-refractivity contribution in [3.8, 4) is 0 Å². The molecule has 2 rings (SSSR count). The standard InChI is InChI=1S/C12H17N3S.ClH/c1-4-9-7-10-11(15(5-2)6-3)13-8-14-12(10)16-9;/h7-8H,4-6H2,1-3H3;1H. The molecule has 1 N–H and O–H groups in total. The van der Waals surface area contributed by atoms with Crippen LogP contribution < -0.4 is 17.3 Å². The minimum absolute atomic E-state index is 0. The fourth-order valence-electron chi connectivity index (χ4n) is 1.95. The Morgan fingerprint density at radius 1 is 1.18 bits per heavy atom. The number of fused-ring (bicyclic) bond motifs is 1. The van der Waals surface area contributed by atoms with Gasteiger partial charge in [0.2, 0.25) is 5.82 Å². The summed E-state index contributed by atoms with van der Waals surface area (Å²) in [5.74, 6) is 1.16. The van der Waals surface area contributed by atoms with E-state index in [4.69, 9.17) is 0 Å². The van der Waals surface area contributed by atoms with Gasteiger partial charge in [0.15, 0.2) is 0 Å². The van der Waals surface area contributed by atoms with Gasteiger partial charge in [-0.25, -0.2) is 4.98 Å². The molecule has 0 saturated heterocycles. The molecule has 94 valence electrons. The lowest BCUT2D eigenvalue weighted by atomic mass is 10.3. The van der Waals surface area contributed by atoms with E-state index < -0.39 is 0 Å². The summed E-state index contributed by atoms with van der Waals surface area (Å²) in [6.45, 7) is 8.71. The summed E-state index contributed by atoms with van der Waals surface area (Å²) >= 11 is 1.79. The largest absolute Gasteiger partial charge is 1.00 e. The van der Waals surface area contributed by atoms with Gasteiger partial charge in [0.05, 0.1) is 18.5 Å². The van der Waals surface area contributed by atoms with Crippen LogP contribution in [0.3, 0.4) is 0 Å². The predicted molar refractivity (Wildman–Crippen MR) is 68.5 cm³/mol. The highest BCUT2D eigenvalue weighted by Crippen LogP contribution is 2.26. The topological polar surface area (TPSA) is 30.2 Å². The number of thiophene rings is 1. The summed E-state index contributed by atoms with van der Waals surface area (Å²) in [5.41, 5.74) is 0. The Hall–Kier alpha value is -0.710. The summed E-state index contributed by atoms with van der Waals surface area (Å²) in [6.07, 6.45) is 2.77. The van der Waals surface area contributed by atoms with Gasteiger partial charge in [-0.3, -0.25) is 4.90 Å². The van der Waals surface area contributed by atoms with Crippen molar-refractivity contribution in [3.05, 3.63) is 17.3 Å². The number of aromatic nitrogens is 2. The molecule has 0 aliphatic heterocycles. The fraction of sp³-hybridized carbons (Fsp3) is 0.500. The SMILES string of the molecule is CCc1cc2c([NH+](CC)CC)ncnc2s1.[Cl-]. The Morgan fingerprint density at radius 3 is 2.47 bits per heavy atom. The lowest BCUT2D eigenvalue weighted by molar-refractivity contribution is -0.829. The molecule has 0 radical (unpaired) electrons. The van der Waals surface area contributed by atoms with Gasteiger partial charge < -0.3 is 12.4 Å². The maximum absolute atomic E-state index is 4.46. The van der Waals surface area contributed by atoms with Crippen molar-refractivity contribution < 1.29 is 17.3 Å². The molecule has 0 bridgehead atoms. The molecule has 5 heteroatoms. The molecule has 2 aromatic heterocycles. The van der Waals surface area contributed by atoms with Crippen LogP contribution in [-0.2, 0) is 6.42 Å². The molecule has 0 atom stereocenters. The quantitative estimate of drug-likeness (QED) is 0.759. The van der Waals surface area contributed by atoms with Crippen molar-refractivity contribution in [1.82, 2.24) is 9.97 Å². The molecule has 2 aromatic rings. The number of halogens is 1. The van der Waals surface area contributed by atoms with Crippen LogP contribution in [0.15, 0.2) is 12.4 Å². The highest BCUT2D eigenvalue weighted by Gasteiger charge is 2.16. The minimum Gasteiger partial charge on any atom is -1.00 e. The molecule has 2 heterocycles. The van der Waals surface area contributed by atoms with Crippen LogP contribution >= 0.6 is 11.3 Å². The van der Waals surface area contributed by atoms with Crippen LogP contribution in [0.5, 0.6) is 0 Å². The molecule has 0 amide bonds. The van der Waals surface area contributed by atoms with E-state index in [0.717, 1.165) is 30.2 Å². The lowest BCUT2D eigenvalue weighted by Crippen LogP contribution is -3.06. The van der Waals surface area contributed by atoms with E-state index in [9.17, 15) is 0 Å². The van der Waals surface area contributed by atoms with E-state index in [1.807, 2.05) is 0 Å². The van der Waals surface area contributed by atoms with E-state index in [1.165, 1.54) is 15.2 Å². The number of nitrogens with one attached hydrogen (secondary N) is 1. The second-order valence-corrected chi connectivity index (χ2v) is 4.93. The predicted octanol–water partition coefficient (Wildman–Crippen LogP) is -1.19. The molecule has 0 aliphatic rings. The van der Waals surface area contributed by atoms with Gasteiger partial charge in [0.25, 0.3) is 0 Å². The normalized spacial score (nSPS) is 10.8. The van der Waals surface area contributed by atoms with Gasteiger partial charge in [-0.2, -0.15) is 4.98 Å². The summed E-state index contributed by atoms with van der Waals surface area (Å²) in [4.78, 5) is 12.8. The molecule has 0 saturated carbocycles. The van der Waals surface area contributed by atoms with E-state index in [0.29, 0.717) is 0 Å². The third-order valence-electron chi connectivity index (χ3n) is 2.92. The average molecular weight is 272 g/mol. The lowest BCUT2D eigenvalue weighted by Gasteiger charge is -2.13. The second-order valence-electron chi connectivity index (χ2n) is 3.82. The summed E-state index contributed by atoms with van der Waals surface area (Å²) < 4.78 is 0. The zero-order valence-corrected chi connectivity index (χ0v) is 12.0. The third-order valence-corrected chi connectivity index (χ3v) is 4.10. The number of hydrogen-bond acceptors (Lipinski definition) is 3. The number of hydrogen-bond donors (Lipinski definition) is 1. The van der Waals surface area contributed by atoms with E-state index in [1.54, 1.807) is 17.7 Å². The van der Waals surface area contributed by atoms with Crippen molar-refractivity contribution in [2.75, 3.05) is 13.1 Å². The minimum atomic E-state index is 0. The van der Waals surface area contributed by atoms with E-state index >= 15 is 0 Å². The molecule has 0 spiro atoms. The average Bonchev–Trinajstić information content (AvgIpc) is 2.74. The number of quaternary nitrogens is 1. The van der Waals surface area contributed by atoms with Crippen LogP contribution in [0.4, 0.5) is 5.82 Å².